The summed E-state index contributed by atoms with van der Waals surface area (Å²) in [5, 5.41) is 3.54. The molecule has 0 bridgehead atoms. The fraction of sp³-hybridized carbons (Fsp3) is 0.273. The van der Waals surface area contributed by atoms with Gasteiger partial charge in [0.2, 0.25) is 0 Å². The first-order valence-electron chi connectivity index (χ1n) is 9.13. The third-order valence-electron chi connectivity index (χ3n) is 4.86. The van der Waals surface area contributed by atoms with Crippen LogP contribution in [0, 0.1) is 0 Å². The number of benzene rings is 2. The van der Waals surface area contributed by atoms with Crippen LogP contribution in [0.4, 0.5) is 0 Å². The van der Waals surface area contributed by atoms with Crippen molar-refractivity contribution in [2.24, 2.45) is 7.05 Å². The standard InChI is InChI=1S/C22H24N2O5/c1-24-17(13-15-18(27-2)10-11-19(28-3)20(15)24)21(25)23-16(22(26)29-4)12-14-8-6-5-7-9-14/h5-11,13,16H,12H2,1-4H3,(H,23,25)/t16-/m1/s1. The Morgan fingerprint density at radius 2 is 1.66 bits per heavy atom. The number of nitrogens with one attached hydrogen (secondary N) is 1. The summed E-state index contributed by atoms with van der Waals surface area (Å²) >= 11 is 0. The fourth-order valence-electron chi connectivity index (χ4n) is 3.39. The molecule has 0 aliphatic carbocycles. The zero-order valence-corrected chi connectivity index (χ0v) is 16.9. The molecular formula is C22H24N2O5. The lowest BCUT2D eigenvalue weighted by Gasteiger charge is -2.17. The Hall–Kier alpha value is -3.48. The number of rotatable bonds is 7. The van der Waals surface area contributed by atoms with E-state index in [4.69, 9.17) is 14.2 Å². The first kappa shape index (κ1) is 20.3. The van der Waals surface area contributed by atoms with Crippen molar-refractivity contribution in [3.8, 4) is 11.5 Å². The fourth-order valence-corrected chi connectivity index (χ4v) is 3.39. The van der Waals surface area contributed by atoms with Crippen LogP contribution in [-0.2, 0) is 23.0 Å². The number of methoxy groups -OCH3 is 3. The van der Waals surface area contributed by atoms with Gasteiger partial charge in [-0.25, -0.2) is 4.79 Å². The molecule has 0 unspecified atom stereocenters. The number of carbonyl (C=O) groups is 2. The summed E-state index contributed by atoms with van der Waals surface area (Å²) in [7, 11) is 6.21. The summed E-state index contributed by atoms with van der Waals surface area (Å²) in [6.07, 6.45) is 0.329. The van der Waals surface area contributed by atoms with Gasteiger partial charge in [0.15, 0.2) is 0 Å². The summed E-state index contributed by atoms with van der Waals surface area (Å²) in [6.45, 7) is 0. The third-order valence-corrected chi connectivity index (χ3v) is 4.86. The molecule has 1 amide bonds. The number of hydrogen-bond acceptors (Lipinski definition) is 5. The molecule has 1 heterocycles. The number of hydrogen-bond donors (Lipinski definition) is 1. The molecule has 0 aliphatic rings. The Morgan fingerprint density at radius 3 is 2.28 bits per heavy atom. The molecule has 152 valence electrons. The van der Waals surface area contributed by atoms with Crippen LogP contribution in [0.2, 0.25) is 0 Å². The van der Waals surface area contributed by atoms with E-state index >= 15 is 0 Å². The minimum atomic E-state index is -0.809. The normalized spacial score (nSPS) is 11.7. The lowest BCUT2D eigenvalue weighted by atomic mass is 10.1. The van der Waals surface area contributed by atoms with Crippen molar-refractivity contribution in [1.82, 2.24) is 9.88 Å². The molecule has 0 aliphatic heterocycles. The first-order chi connectivity index (χ1) is 14.0. The average Bonchev–Trinajstić information content (AvgIpc) is 3.10. The highest BCUT2D eigenvalue weighted by molar-refractivity contribution is 6.03. The van der Waals surface area contributed by atoms with Gasteiger partial charge in [-0.3, -0.25) is 4.79 Å². The number of amides is 1. The van der Waals surface area contributed by atoms with Crippen LogP contribution in [0.15, 0.2) is 48.5 Å². The van der Waals surface area contributed by atoms with Gasteiger partial charge >= 0.3 is 5.97 Å². The zero-order chi connectivity index (χ0) is 21.0. The van der Waals surface area contributed by atoms with Gasteiger partial charge in [-0.15, -0.1) is 0 Å². The minimum Gasteiger partial charge on any atom is -0.496 e. The minimum absolute atomic E-state index is 0.329. The Kier molecular flexibility index (Phi) is 6.07. The molecule has 0 saturated carbocycles. The highest BCUT2D eigenvalue weighted by Gasteiger charge is 2.25. The van der Waals surface area contributed by atoms with Crippen molar-refractivity contribution in [2.75, 3.05) is 21.3 Å². The van der Waals surface area contributed by atoms with Crippen molar-refractivity contribution >= 4 is 22.8 Å². The number of aromatic nitrogens is 1. The van der Waals surface area contributed by atoms with Crippen molar-refractivity contribution in [3.63, 3.8) is 0 Å². The molecule has 0 saturated heterocycles. The Morgan fingerprint density at radius 1 is 1.00 bits per heavy atom. The second kappa shape index (κ2) is 8.68. The van der Waals surface area contributed by atoms with Gasteiger partial charge in [0.05, 0.1) is 26.8 Å². The second-order valence-corrected chi connectivity index (χ2v) is 6.56. The van der Waals surface area contributed by atoms with Gasteiger partial charge in [0.1, 0.15) is 23.2 Å². The molecule has 2 aromatic carbocycles. The van der Waals surface area contributed by atoms with E-state index in [0.29, 0.717) is 23.6 Å². The van der Waals surface area contributed by atoms with Gasteiger partial charge in [0, 0.05) is 18.9 Å². The van der Waals surface area contributed by atoms with Crippen LogP contribution in [-0.4, -0.2) is 43.8 Å². The highest BCUT2D eigenvalue weighted by atomic mass is 16.5. The number of aryl methyl sites for hydroxylation is 1. The van der Waals surface area contributed by atoms with E-state index in [1.807, 2.05) is 30.3 Å². The van der Waals surface area contributed by atoms with E-state index in [-0.39, 0.29) is 5.91 Å². The summed E-state index contributed by atoms with van der Waals surface area (Å²) in [6, 6.07) is 13.9. The molecule has 7 nitrogen and oxygen atoms in total. The maximum atomic E-state index is 13.0. The molecule has 29 heavy (non-hydrogen) atoms. The largest absolute Gasteiger partial charge is 0.496 e. The SMILES string of the molecule is COC(=O)[C@@H](Cc1ccccc1)NC(=O)c1cc2c(OC)ccc(OC)c2n1C. The van der Waals surface area contributed by atoms with Crippen LogP contribution >= 0.6 is 0 Å². The average molecular weight is 396 g/mol. The van der Waals surface area contributed by atoms with E-state index in [9.17, 15) is 9.59 Å². The number of nitrogens with zero attached hydrogens (tertiary/aromatic N) is 1. The summed E-state index contributed by atoms with van der Waals surface area (Å²) in [5.41, 5.74) is 2.03. The molecule has 3 rings (SSSR count). The molecule has 0 radical (unpaired) electrons. The predicted molar refractivity (Wildman–Crippen MR) is 109 cm³/mol. The van der Waals surface area contributed by atoms with E-state index in [1.165, 1.54) is 7.11 Å². The Labute approximate surface area is 169 Å². The smallest absolute Gasteiger partial charge is 0.328 e. The lowest BCUT2D eigenvalue weighted by Crippen LogP contribution is -2.43. The van der Waals surface area contributed by atoms with Gasteiger partial charge in [-0.2, -0.15) is 0 Å². The number of fused-ring (bicyclic) bond motifs is 1. The molecule has 7 heteroatoms. The highest BCUT2D eigenvalue weighted by Crippen LogP contribution is 2.35. The molecule has 0 spiro atoms. The summed E-state index contributed by atoms with van der Waals surface area (Å²) < 4.78 is 17.5. The van der Waals surface area contributed by atoms with Crippen molar-refractivity contribution in [3.05, 3.63) is 59.8 Å². The van der Waals surface area contributed by atoms with Crippen molar-refractivity contribution in [1.29, 1.82) is 0 Å². The van der Waals surface area contributed by atoms with Gasteiger partial charge in [-0.05, 0) is 23.8 Å². The quantitative estimate of drug-likeness (QED) is 0.622. The summed E-state index contributed by atoms with van der Waals surface area (Å²) in [5.74, 6) is 0.357. The Balaban J connectivity index is 1.95. The first-order valence-corrected chi connectivity index (χ1v) is 9.13. The van der Waals surface area contributed by atoms with Crippen molar-refractivity contribution < 1.29 is 23.8 Å². The second-order valence-electron chi connectivity index (χ2n) is 6.56. The number of carbonyl (C=O) groups excluding carboxylic acids is 2. The molecular weight excluding hydrogens is 372 g/mol. The predicted octanol–water partition coefficient (Wildman–Crippen LogP) is 2.71. The molecule has 1 atom stereocenters. The van der Waals surface area contributed by atoms with Crippen LogP contribution in [0.5, 0.6) is 11.5 Å². The molecule has 1 aromatic heterocycles. The van der Waals surface area contributed by atoms with Crippen LogP contribution in [0.1, 0.15) is 16.1 Å². The van der Waals surface area contributed by atoms with Gasteiger partial charge in [-0.1, -0.05) is 30.3 Å². The maximum absolute atomic E-state index is 13.0. The maximum Gasteiger partial charge on any atom is 0.328 e. The van der Waals surface area contributed by atoms with Crippen molar-refractivity contribution in [2.45, 2.75) is 12.5 Å². The topological polar surface area (TPSA) is 78.8 Å². The lowest BCUT2D eigenvalue weighted by molar-refractivity contribution is -0.142. The van der Waals surface area contributed by atoms with E-state index in [1.54, 1.807) is 44.0 Å². The van der Waals surface area contributed by atoms with Crippen LogP contribution in [0.25, 0.3) is 10.9 Å². The van der Waals surface area contributed by atoms with Crippen LogP contribution in [0.3, 0.4) is 0 Å². The molecule has 0 fully saturated rings. The zero-order valence-electron chi connectivity index (χ0n) is 16.9. The van der Waals surface area contributed by atoms with E-state index < -0.39 is 12.0 Å². The van der Waals surface area contributed by atoms with Gasteiger partial charge in [0.25, 0.3) is 5.91 Å². The van der Waals surface area contributed by atoms with Crippen LogP contribution < -0.4 is 14.8 Å². The molecule has 1 N–H and O–H groups in total. The Bertz CT molecular complexity index is 1030. The molecule has 3 aromatic rings. The number of esters is 1. The third kappa shape index (κ3) is 4.03. The van der Waals surface area contributed by atoms with E-state index in [0.717, 1.165) is 16.5 Å². The van der Waals surface area contributed by atoms with Gasteiger partial charge < -0.3 is 24.1 Å². The monoisotopic (exact) mass is 396 g/mol. The summed E-state index contributed by atoms with van der Waals surface area (Å²) in [4.78, 5) is 25.3. The number of ether oxygens (including phenoxy) is 3. The van der Waals surface area contributed by atoms with E-state index in [2.05, 4.69) is 5.32 Å².